The van der Waals surface area contributed by atoms with Gasteiger partial charge in [-0.15, -0.1) is 5.10 Å². The number of pyridine rings is 1. The molecular formula is C14H11N3. The second-order valence-electron chi connectivity index (χ2n) is 3.94. The number of rotatable bonds is 1. The molecule has 0 aliphatic carbocycles. The molecule has 3 heteroatoms. The molecule has 3 rings (SSSR count). The molecule has 1 aromatic carbocycles. The lowest BCUT2D eigenvalue weighted by atomic mass is 10.1. The Bertz CT molecular complexity index is 672. The molecule has 0 N–H and O–H groups in total. The predicted molar refractivity (Wildman–Crippen MR) is 67.5 cm³/mol. The van der Waals surface area contributed by atoms with Gasteiger partial charge in [-0.3, -0.25) is 4.98 Å². The molecule has 0 atom stereocenters. The van der Waals surface area contributed by atoms with Gasteiger partial charge < -0.3 is 0 Å². The average Bonchev–Trinajstić information content (AvgIpc) is 2.38. The summed E-state index contributed by atoms with van der Waals surface area (Å²) < 4.78 is 0. The summed E-state index contributed by atoms with van der Waals surface area (Å²) in [5.41, 5.74) is 2.69. The molecule has 2 heterocycles. The van der Waals surface area contributed by atoms with E-state index in [1.807, 2.05) is 49.4 Å². The second kappa shape index (κ2) is 3.94. The zero-order valence-electron chi connectivity index (χ0n) is 9.46. The number of aryl methyl sites for hydroxylation is 1. The highest BCUT2D eigenvalue weighted by Crippen LogP contribution is 2.23. The van der Waals surface area contributed by atoms with Crippen LogP contribution >= 0.6 is 0 Å². The minimum absolute atomic E-state index is 0.840. The van der Waals surface area contributed by atoms with Gasteiger partial charge in [-0.05, 0) is 19.1 Å². The summed E-state index contributed by atoms with van der Waals surface area (Å²) in [5, 5.41) is 10.4. The van der Waals surface area contributed by atoms with E-state index in [1.165, 1.54) is 0 Å². The van der Waals surface area contributed by atoms with Crippen molar-refractivity contribution in [1.82, 2.24) is 15.2 Å². The monoisotopic (exact) mass is 221 g/mol. The summed E-state index contributed by atoms with van der Waals surface area (Å²) in [7, 11) is 0. The van der Waals surface area contributed by atoms with Crippen LogP contribution in [-0.2, 0) is 0 Å². The van der Waals surface area contributed by atoms with E-state index in [2.05, 4.69) is 15.2 Å². The Labute approximate surface area is 99.2 Å². The number of fused-ring (bicyclic) bond motifs is 1. The number of nitrogens with zero attached hydrogens (tertiary/aromatic N) is 3. The van der Waals surface area contributed by atoms with Crippen molar-refractivity contribution in [3.63, 3.8) is 0 Å². The van der Waals surface area contributed by atoms with Gasteiger partial charge >= 0.3 is 0 Å². The van der Waals surface area contributed by atoms with Gasteiger partial charge in [-0.1, -0.05) is 30.3 Å². The van der Waals surface area contributed by atoms with Gasteiger partial charge in [0.15, 0.2) is 0 Å². The molecule has 0 amide bonds. The lowest BCUT2D eigenvalue weighted by Crippen LogP contribution is -1.92. The molecule has 0 aliphatic heterocycles. The number of aromatic nitrogens is 3. The van der Waals surface area contributed by atoms with Crippen molar-refractivity contribution in [2.45, 2.75) is 6.92 Å². The first-order chi connectivity index (χ1) is 8.34. The van der Waals surface area contributed by atoms with Crippen molar-refractivity contribution in [2.75, 3.05) is 0 Å². The van der Waals surface area contributed by atoms with Gasteiger partial charge in [0.2, 0.25) is 0 Å². The van der Waals surface area contributed by atoms with Gasteiger partial charge in [0.1, 0.15) is 5.69 Å². The van der Waals surface area contributed by atoms with Crippen LogP contribution in [0.25, 0.3) is 22.2 Å². The predicted octanol–water partition coefficient (Wildman–Crippen LogP) is 3.00. The fraction of sp³-hybridized carbons (Fsp3) is 0.0714. The SMILES string of the molecule is Cc1cccc(-c2nncc3ccccc23)n1. The minimum atomic E-state index is 0.840. The third-order valence-electron chi connectivity index (χ3n) is 2.70. The van der Waals surface area contributed by atoms with Gasteiger partial charge in [0.05, 0.1) is 11.9 Å². The first kappa shape index (κ1) is 9.90. The highest BCUT2D eigenvalue weighted by molar-refractivity contribution is 5.92. The van der Waals surface area contributed by atoms with Gasteiger partial charge in [-0.2, -0.15) is 5.10 Å². The van der Waals surface area contributed by atoms with E-state index < -0.39 is 0 Å². The lowest BCUT2D eigenvalue weighted by Gasteiger charge is -2.04. The second-order valence-corrected chi connectivity index (χ2v) is 3.94. The smallest absolute Gasteiger partial charge is 0.119 e. The van der Waals surface area contributed by atoms with Crippen LogP contribution in [0, 0.1) is 6.92 Å². The van der Waals surface area contributed by atoms with Crippen molar-refractivity contribution in [1.29, 1.82) is 0 Å². The standard InChI is InChI=1S/C14H11N3/c1-10-5-4-8-13(16-10)14-12-7-3-2-6-11(12)9-15-17-14/h2-9H,1H3. The third kappa shape index (κ3) is 1.76. The van der Waals surface area contributed by atoms with E-state index in [1.54, 1.807) is 6.20 Å². The number of hydrogen-bond acceptors (Lipinski definition) is 3. The zero-order valence-corrected chi connectivity index (χ0v) is 9.46. The third-order valence-corrected chi connectivity index (χ3v) is 2.70. The molecule has 3 nitrogen and oxygen atoms in total. The Balaban J connectivity index is 2.30. The minimum Gasteiger partial charge on any atom is -0.251 e. The molecular weight excluding hydrogens is 210 g/mol. The van der Waals surface area contributed by atoms with Crippen molar-refractivity contribution < 1.29 is 0 Å². The lowest BCUT2D eigenvalue weighted by molar-refractivity contribution is 1.04. The quantitative estimate of drug-likeness (QED) is 0.634. The van der Waals surface area contributed by atoms with E-state index in [-0.39, 0.29) is 0 Å². The summed E-state index contributed by atoms with van der Waals surface area (Å²) >= 11 is 0. The molecule has 0 saturated heterocycles. The van der Waals surface area contributed by atoms with Crippen LogP contribution in [0.5, 0.6) is 0 Å². The molecule has 0 radical (unpaired) electrons. The molecule has 0 unspecified atom stereocenters. The number of benzene rings is 1. The molecule has 0 saturated carbocycles. The Morgan fingerprint density at radius 1 is 0.941 bits per heavy atom. The van der Waals surface area contributed by atoms with Crippen molar-refractivity contribution in [3.8, 4) is 11.4 Å². The summed E-state index contributed by atoms with van der Waals surface area (Å²) in [4.78, 5) is 4.49. The van der Waals surface area contributed by atoms with E-state index in [0.29, 0.717) is 0 Å². The maximum absolute atomic E-state index is 4.49. The Hall–Kier alpha value is -2.29. The normalized spacial score (nSPS) is 10.6. The molecule has 0 bridgehead atoms. The van der Waals surface area contributed by atoms with Crippen LogP contribution < -0.4 is 0 Å². The molecule has 0 fully saturated rings. The fourth-order valence-electron chi connectivity index (χ4n) is 1.89. The molecule has 0 spiro atoms. The van der Waals surface area contributed by atoms with Gasteiger partial charge in [-0.25, -0.2) is 0 Å². The van der Waals surface area contributed by atoms with Crippen LogP contribution in [0.3, 0.4) is 0 Å². The highest BCUT2D eigenvalue weighted by Gasteiger charge is 2.06. The fourth-order valence-corrected chi connectivity index (χ4v) is 1.89. The molecule has 2 aromatic heterocycles. The van der Waals surface area contributed by atoms with Crippen LogP contribution in [0.2, 0.25) is 0 Å². The first-order valence-electron chi connectivity index (χ1n) is 5.49. The van der Waals surface area contributed by atoms with Crippen molar-refractivity contribution in [2.24, 2.45) is 0 Å². The Kier molecular flexibility index (Phi) is 2.29. The summed E-state index contributed by atoms with van der Waals surface area (Å²) in [6.45, 7) is 1.97. The summed E-state index contributed by atoms with van der Waals surface area (Å²) in [6.07, 6.45) is 1.77. The van der Waals surface area contributed by atoms with E-state index in [9.17, 15) is 0 Å². The molecule has 17 heavy (non-hydrogen) atoms. The van der Waals surface area contributed by atoms with E-state index >= 15 is 0 Å². The molecule has 3 aromatic rings. The zero-order chi connectivity index (χ0) is 11.7. The van der Waals surface area contributed by atoms with Crippen molar-refractivity contribution in [3.05, 3.63) is 54.4 Å². The molecule has 0 aliphatic rings. The van der Waals surface area contributed by atoms with Crippen molar-refractivity contribution >= 4 is 10.8 Å². The number of hydrogen-bond donors (Lipinski definition) is 0. The van der Waals surface area contributed by atoms with Gasteiger partial charge in [0.25, 0.3) is 0 Å². The topological polar surface area (TPSA) is 38.7 Å². The summed E-state index contributed by atoms with van der Waals surface area (Å²) in [6, 6.07) is 14.0. The maximum atomic E-state index is 4.49. The van der Waals surface area contributed by atoms with E-state index in [4.69, 9.17) is 0 Å². The van der Waals surface area contributed by atoms with Crippen LogP contribution in [0.1, 0.15) is 5.69 Å². The Morgan fingerprint density at radius 3 is 2.71 bits per heavy atom. The van der Waals surface area contributed by atoms with Crippen LogP contribution in [0.15, 0.2) is 48.7 Å². The Morgan fingerprint density at radius 2 is 1.82 bits per heavy atom. The van der Waals surface area contributed by atoms with Gasteiger partial charge in [0, 0.05) is 16.5 Å². The highest BCUT2D eigenvalue weighted by atomic mass is 15.1. The largest absolute Gasteiger partial charge is 0.251 e. The first-order valence-corrected chi connectivity index (χ1v) is 5.49. The summed E-state index contributed by atoms with van der Waals surface area (Å²) in [5.74, 6) is 0. The van der Waals surface area contributed by atoms with Crippen LogP contribution in [0.4, 0.5) is 0 Å². The average molecular weight is 221 g/mol. The molecule has 82 valence electrons. The van der Waals surface area contributed by atoms with Crippen LogP contribution in [-0.4, -0.2) is 15.2 Å². The maximum Gasteiger partial charge on any atom is 0.119 e. The van der Waals surface area contributed by atoms with E-state index in [0.717, 1.165) is 27.9 Å².